The Morgan fingerprint density at radius 3 is 3.00 bits per heavy atom. The van der Waals surface area contributed by atoms with Crippen LogP contribution in [0, 0.1) is 0 Å². The molecule has 2 fully saturated rings. The number of hydrogen-bond donors (Lipinski definition) is 1. The number of thiazole rings is 1. The lowest BCUT2D eigenvalue weighted by Gasteiger charge is -2.28. The predicted molar refractivity (Wildman–Crippen MR) is 84.6 cm³/mol. The van der Waals surface area contributed by atoms with E-state index in [0.717, 1.165) is 50.3 Å². The maximum Gasteiger partial charge on any atom is 0.273 e. The lowest BCUT2D eigenvalue weighted by atomic mass is 10.1. The number of aromatic nitrogens is 1. The normalized spacial score (nSPS) is 26.1. The fraction of sp³-hybridized carbons (Fsp3) is 0.733. The Bertz CT molecular complexity index is 504. The minimum Gasteiger partial charge on any atom is -0.330 e. The Morgan fingerprint density at radius 1 is 1.43 bits per heavy atom. The van der Waals surface area contributed by atoms with Crippen LogP contribution in [0.2, 0.25) is 0 Å². The van der Waals surface area contributed by atoms with Crippen molar-refractivity contribution in [1.82, 2.24) is 14.8 Å². The molecule has 3 heterocycles. The molecule has 3 rings (SSSR count). The number of likely N-dealkylation sites (N-methyl/N-ethyl adjacent to an activating group) is 1. The number of carbonyl (C=O) groups is 1. The van der Waals surface area contributed by atoms with E-state index >= 15 is 0 Å². The van der Waals surface area contributed by atoms with E-state index in [1.165, 1.54) is 0 Å². The zero-order valence-electron chi connectivity index (χ0n) is 12.6. The molecule has 1 amide bonds. The maximum atomic E-state index is 12.8. The lowest BCUT2D eigenvalue weighted by Crippen LogP contribution is -2.43. The minimum absolute atomic E-state index is 0.125. The first-order valence-corrected chi connectivity index (χ1v) is 8.80. The summed E-state index contributed by atoms with van der Waals surface area (Å²) in [6, 6.07) is 0.767. The van der Waals surface area contributed by atoms with Crippen molar-refractivity contribution in [3.05, 3.63) is 16.1 Å². The summed E-state index contributed by atoms with van der Waals surface area (Å²) in [5.41, 5.74) is 6.18. The van der Waals surface area contributed by atoms with E-state index in [2.05, 4.69) is 21.7 Å². The summed E-state index contributed by atoms with van der Waals surface area (Å²) in [5.74, 6) is 0.125. The van der Waals surface area contributed by atoms with Gasteiger partial charge in [-0.2, -0.15) is 0 Å². The van der Waals surface area contributed by atoms with Gasteiger partial charge in [0.05, 0.1) is 5.01 Å². The Labute approximate surface area is 130 Å². The van der Waals surface area contributed by atoms with Crippen LogP contribution >= 0.6 is 11.3 Å². The SMILES string of the molecule is CCN1CCC2CCC(C1)N2C(=O)c1csc(CCN)n1. The van der Waals surface area contributed by atoms with Gasteiger partial charge in [-0.05, 0) is 32.4 Å². The minimum atomic E-state index is 0.125. The lowest BCUT2D eigenvalue weighted by molar-refractivity contribution is 0.0666. The van der Waals surface area contributed by atoms with Gasteiger partial charge in [0, 0.05) is 37.0 Å². The molecule has 0 saturated carbocycles. The van der Waals surface area contributed by atoms with Crippen LogP contribution in [0.4, 0.5) is 0 Å². The molecule has 2 saturated heterocycles. The number of amides is 1. The van der Waals surface area contributed by atoms with E-state index in [4.69, 9.17) is 5.73 Å². The number of nitrogens with two attached hydrogens (primary N) is 1. The van der Waals surface area contributed by atoms with Crippen LogP contribution in [0.1, 0.15) is 41.7 Å². The number of rotatable bonds is 4. The van der Waals surface area contributed by atoms with E-state index in [0.29, 0.717) is 24.3 Å². The van der Waals surface area contributed by atoms with Crippen LogP contribution < -0.4 is 5.73 Å². The van der Waals surface area contributed by atoms with Crippen LogP contribution in [0.5, 0.6) is 0 Å². The highest BCUT2D eigenvalue weighted by molar-refractivity contribution is 7.09. The second kappa shape index (κ2) is 6.42. The molecule has 6 heteroatoms. The highest BCUT2D eigenvalue weighted by Crippen LogP contribution is 2.31. The Morgan fingerprint density at radius 2 is 2.24 bits per heavy atom. The van der Waals surface area contributed by atoms with E-state index in [1.54, 1.807) is 11.3 Å². The predicted octanol–water partition coefficient (Wildman–Crippen LogP) is 1.34. The summed E-state index contributed by atoms with van der Waals surface area (Å²) in [5, 5.41) is 2.87. The molecular weight excluding hydrogens is 284 g/mol. The van der Waals surface area contributed by atoms with Crippen LogP contribution in [0.25, 0.3) is 0 Å². The molecule has 2 atom stereocenters. The Kier molecular flexibility index (Phi) is 4.57. The van der Waals surface area contributed by atoms with Crippen LogP contribution in [-0.4, -0.2) is 59.0 Å². The molecule has 2 aliphatic heterocycles. The molecular formula is C15H24N4OS. The molecule has 2 bridgehead atoms. The largest absolute Gasteiger partial charge is 0.330 e. The van der Waals surface area contributed by atoms with Crippen molar-refractivity contribution in [3.8, 4) is 0 Å². The molecule has 0 radical (unpaired) electrons. The van der Waals surface area contributed by atoms with Gasteiger partial charge in [-0.1, -0.05) is 6.92 Å². The fourth-order valence-corrected chi connectivity index (χ4v) is 4.33. The zero-order valence-corrected chi connectivity index (χ0v) is 13.4. The molecule has 1 aromatic heterocycles. The van der Waals surface area contributed by atoms with Gasteiger partial charge in [-0.25, -0.2) is 4.98 Å². The summed E-state index contributed by atoms with van der Waals surface area (Å²) in [4.78, 5) is 21.9. The first kappa shape index (κ1) is 14.9. The molecule has 0 aromatic carbocycles. The van der Waals surface area contributed by atoms with Crippen molar-refractivity contribution < 1.29 is 4.79 Å². The standard InChI is InChI=1S/C15H24N4OS/c1-2-18-8-6-11-3-4-12(9-18)19(11)15(20)13-10-21-14(17-13)5-7-16/h10-12H,2-9,16H2,1H3. The van der Waals surface area contributed by atoms with E-state index in [-0.39, 0.29) is 5.91 Å². The number of carbonyl (C=O) groups excluding carboxylic acids is 1. The second-order valence-corrected chi connectivity index (χ2v) is 6.89. The topological polar surface area (TPSA) is 62.5 Å². The van der Waals surface area contributed by atoms with Crippen molar-refractivity contribution in [2.75, 3.05) is 26.2 Å². The van der Waals surface area contributed by atoms with E-state index in [9.17, 15) is 4.79 Å². The molecule has 21 heavy (non-hydrogen) atoms. The molecule has 2 aliphatic rings. The Hall–Kier alpha value is -0.980. The van der Waals surface area contributed by atoms with Gasteiger partial charge in [-0.15, -0.1) is 11.3 Å². The molecule has 2 unspecified atom stereocenters. The monoisotopic (exact) mass is 308 g/mol. The molecule has 0 spiro atoms. The summed E-state index contributed by atoms with van der Waals surface area (Å²) in [6.45, 7) is 5.98. The quantitative estimate of drug-likeness (QED) is 0.912. The number of hydrogen-bond acceptors (Lipinski definition) is 5. The van der Waals surface area contributed by atoms with Crippen LogP contribution in [-0.2, 0) is 6.42 Å². The average Bonchev–Trinajstić information content (AvgIpc) is 3.03. The third kappa shape index (κ3) is 2.98. The van der Waals surface area contributed by atoms with Crippen molar-refractivity contribution in [2.24, 2.45) is 5.73 Å². The van der Waals surface area contributed by atoms with Gasteiger partial charge in [0.2, 0.25) is 0 Å². The average molecular weight is 308 g/mol. The highest BCUT2D eigenvalue weighted by atomic mass is 32.1. The summed E-state index contributed by atoms with van der Waals surface area (Å²) in [7, 11) is 0. The van der Waals surface area contributed by atoms with Gasteiger partial charge < -0.3 is 15.5 Å². The molecule has 5 nitrogen and oxygen atoms in total. The van der Waals surface area contributed by atoms with Gasteiger partial charge in [0.15, 0.2) is 0 Å². The van der Waals surface area contributed by atoms with Gasteiger partial charge >= 0.3 is 0 Å². The van der Waals surface area contributed by atoms with E-state index in [1.807, 2.05) is 5.38 Å². The van der Waals surface area contributed by atoms with Crippen LogP contribution in [0.3, 0.4) is 0 Å². The smallest absolute Gasteiger partial charge is 0.273 e. The first-order chi connectivity index (χ1) is 10.2. The van der Waals surface area contributed by atoms with Crippen molar-refractivity contribution in [3.63, 3.8) is 0 Å². The van der Waals surface area contributed by atoms with Gasteiger partial charge in [0.1, 0.15) is 5.69 Å². The van der Waals surface area contributed by atoms with Crippen molar-refractivity contribution in [2.45, 2.75) is 44.7 Å². The van der Waals surface area contributed by atoms with Gasteiger partial charge in [-0.3, -0.25) is 4.79 Å². The summed E-state index contributed by atoms with van der Waals surface area (Å²) in [6.07, 6.45) is 4.13. The first-order valence-electron chi connectivity index (χ1n) is 7.92. The number of nitrogens with zero attached hydrogens (tertiary/aromatic N) is 3. The highest BCUT2D eigenvalue weighted by Gasteiger charge is 2.40. The third-order valence-electron chi connectivity index (χ3n) is 4.68. The number of fused-ring (bicyclic) bond motifs is 2. The third-order valence-corrected chi connectivity index (χ3v) is 5.59. The van der Waals surface area contributed by atoms with E-state index < -0.39 is 0 Å². The van der Waals surface area contributed by atoms with Crippen molar-refractivity contribution >= 4 is 17.2 Å². The number of likely N-dealkylation sites (tertiary alicyclic amines) is 1. The molecule has 1 aromatic rings. The molecule has 116 valence electrons. The van der Waals surface area contributed by atoms with Crippen LogP contribution in [0.15, 0.2) is 5.38 Å². The Balaban J connectivity index is 1.76. The fourth-order valence-electron chi connectivity index (χ4n) is 3.54. The zero-order chi connectivity index (χ0) is 14.8. The second-order valence-electron chi connectivity index (χ2n) is 5.94. The maximum absolute atomic E-state index is 12.8. The van der Waals surface area contributed by atoms with Gasteiger partial charge in [0.25, 0.3) is 5.91 Å². The van der Waals surface area contributed by atoms with Crippen molar-refractivity contribution in [1.29, 1.82) is 0 Å². The summed E-state index contributed by atoms with van der Waals surface area (Å²) >= 11 is 1.55. The summed E-state index contributed by atoms with van der Waals surface area (Å²) < 4.78 is 0. The molecule has 0 aliphatic carbocycles. The molecule has 2 N–H and O–H groups in total.